The van der Waals surface area contributed by atoms with Gasteiger partial charge in [-0.15, -0.1) is 0 Å². The van der Waals surface area contributed by atoms with E-state index in [0.717, 1.165) is 18.2 Å². The number of nitrogens with zero attached hydrogens (tertiary/aromatic N) is 1. The lowest BCUT2D eigenvalue weighted by Gasteiger charge is -2.38. The molecular formula is C17H28N2O. The number of nitrogens with two attached hydrogens (primary N) is 1. The molecule has 0 bridgehead atoms. The van der Waals surface area contributed by atoms with Gasteiger partial charge in [-0.25, -0.2) is 0 Å². The summed E-state index contributed by atoms with van der Waals surface area (Å²) >= 11 is 0. The molecule has 2 unspecified atom stereocenters. The third-order valence-corrected chi connectivity index (χ3v) is 4.47. The summed E-state index contributed by atoms with van der Waals surface area (Å²) in [7, 11) is 1.70. The second-order valence-corrected chi connectivity index (χ2v) is 5.96. The summed E-state index contributed by atoms with van der Waals surface area (Å²) in [5.74, 6) is 1.77. The van der Waals surface area contributed by atoms with E-state index in [2.05, 4.69) is 30.9 Å². The fourth-order valence-corrected chi connectivity index (χ4v) is 3.09. The molecule has 0 aliphatic heterocycles. The Bertz CT molecular complexity index is 398. The van der Waals surface area contributed by atoms with Crippen molar-refractivity contribution >= 4 is 0 Å². The maximum Gasteiger partial charge on any atom is 0.118 e. The Morgan fingerprint density at radius 3 is 2.35 bits per heavy atom. The molecule has 1 aromatic rings. The van der Waals surface area contributed by atoms with Crippen LogP contribution in [0.5, 0.6) is 5.75 Å². The van der Waals surface area contributed by atoms with Crippen LogP contribution in [0.3, 0.4) is 0 Å². The van der Waals surface area contributed by atoms with Crippen molar-refractivity contribution in [3.8, 4) is 5.75 Å². The highest BCUT2D eigenvalue weighted by atomic mass is 16.5. The Kier molecular flexibility index (Phi) is 5.44. The molecule has 112 valence electrons. The van der Waals surface area contributed by atoms with Gasteiger partial charge in [-0.3, -0.25) is 4.90 Å². The molecule has 0 aromatic heterocycles. The molecule has 1 fully saturated rings. The Hall–Kier alpha value is -1.06. The Morgan fingerprint density at radius 2 is 1.95 bits per heavy atom. The molecule has 1 aromatic carbocycles. The molecule has 3 heteroatoms. The zero-order chi connectivity index (χ0) is 14.5. The molecule has 2 N–H and O–H groups in total. The minimum Gasteiger partial charge on any atom is -0.497 e. The maximum atomic E-state index is 6.28. The molecular weight excluding hydrogens is 248 g/mol. The summed E-state index contributed by atoms with van der Waals surface area (Å²) in [4.78, 5) is 2.54. The highest BCUT2D eigenvalue weighted by Gasteiger charge is 2.27. The standard InChI is InChI=1S/C17H28N2O/c1-4-19(12-14-6-5-7-14)17(13(2)18)15-8-10-16(20-3)11-9-15/h8-11,13-14,17H,4-7,12,18H2,1-3H3. The minimum absolute atomic E-state index is 0.128. The van der Waals surface area contributed by atoms with Gasteiger partial charge in [0.1, 0.15) is 5.75 Å². The minimum atomic E-state index is 0.128. The monoisotopic (exact) mass is 276 g/mol. The van der Waals surface area contributed by atoms with Gasteiger partial charge < -0.3 is 10.5 Å². The average Bonchev–Trinajstić information content (AvgIpc) is 2.41. The van der Waals surface area contributed by atoms with E-state index in [4.69, 9.17) is 10.5 Å². The van der Waals surface area contributed by atoms with E-state index in [-0.39, 0.29) is 6.04 Å². The summed E-state index contributed by atoms with van der Waals surface area (Å²) in [6, 6.07) is 8.78. The SMILES string of the molecule is CCN(CC1CCC1)C(c1ccc(OC)cc1)C(C)N. The van der Waals surface area contributed by atoms with Crippen LogP contribution in [-0.4, -0.2) is 31.1 Å². The normalized spacial score (nSPS) is 18.6. The number of benzene rings is 1. The molecule has 0 amide bonds. The summed E-state index contributed by atoms with van der Waals surface area (Å²) in [5.41, 5.74) is 7.57. The first kappa shape index (κ1) is 15.3. The first-order valence-electron chi connectivity index (χ1n) is 7.79. The van der Waals surface area contributed by atoms with Crippen molar-refractivity contribution < 1.29 is 4.74 Å². The van der Waals surface area contributed by atoms with Gasteiger partial charge in [0.25, 0.3) is 0 Å². The van der Waals surface area contributed by atoms with E-state index in [1.165, 1.54) is 31.4 Å². The number of likely N-dealkylation sites (N-methyl/N-ethyl adjacent to an activating group) is 1. The summed E-state index contributed by atoms with van der Waals surface area (Å²) < 4.78 is 5.24. The number of ether oxygens (including phenoxy) is 1. The van der Waals surface area contributed by atoms with Crippen LogP contribution in [0.1, 0.15) is 44.7 Å². The topological polar surface area (TPSA) is 38.5 Å². The van der Waals surface area contributed by atoms with Gasteiger partial charge in [0, 0.05) is 18.6 Å². The van der Waals surface area contributed by atoms with Gasteiger partial charge in [-0.2, -0.15) is 0 Å². The summed E-state index contributed by atoms with van der Waals surface area (Å²) in [5, 5.41) is 0. The Balaban J connectivity index is 2.14. The zero-order valence-electron chi connectivity index (χ0n) is 13.0. The predicted octanol–water partition coefficient (Wildman–Crippen LogP) is 3.21. The number of hydrogen-bond donors (Lipinski definition) is 1. The Morgan fingerprint density at radius 1 is 1.30 bits per heavy atom. The van der Waals surface area contributed by atoms with Crippen LogP contribution < -0.4 is 10.5 Å². The smallest absolute Gasteiger partial charge is 0.118 e. The van der Waals surface area contributed by atoms with Crippen molar-refractivity contribution in [3.63, 3.8) is 0 Å². The van der Waals surface area contributed by atoms with E-state index in [9.17, 15) is 0 Å². The van der Waals surface area contributed by atoms with Crippen LogP contribution in [0, 0.1) is 5.92 Å². The van der Waals surface area contributed by atoms with Gasteiger partial charge in [0.15, 0.2) is 0 Å². The second kappa shape index (κ2) is 7.09. The fourth-order valence-electron chi connectivity index (χ4n) is 3.09. The molecule has 20 heavy (non-hydrogen) atoms. The van der Waals surface area contributed by atoms with E-state index >= 15 is 0 Å². The molecule has 0 saturated heterocycles. The summed E-state index contributed by atoms with van der Waals surface area (Å²) in [6.07, 6.45) is 4.16. The van der Waals surface area contributed by atoms with E-state index in [1.54, 1.807) is 7.11 Å². The van der Waals surface area contributed by atoms with Crippen LogP contribution in [0.25, 0.3) is 0 Å². The largest absolute Gasteiger partial charge is 0.497 e. The third-order valence-electron chi connectivity index (χ3n) is 4.47. The molecule has 0 spiro atoms. The van der Waals surface area contributed by atoms with Crippen LogP contribution in [0.4, 0.5) is 0 Å². The zero-order valence-corrected chi connectivity index (χ0v) is 13.0. The number of hydrogen-bond acceptors (Lipinski definition) is 3. The van der Waals surface area contributed by atoms with Gasteiger partial charge in [0.05, 0.1) is 7.11 Å². The average molecular weight is 276 g/mol. The van der Waals surface area contributed by atoms with Crippen molar-refractivity contribution in [2.75, 3.05) is 20.2 Å². The summed E-state index contributed by atoms with van der Waals surface area (Å²) in [6.45, 7) is 6.57. The highest BCUT2D eigenvalue weighted by molar-refractivity contribution is 5.30. The van der Waals surface area contributed by atoms with Gasteiger partial charge in [-0.1, -0.05) is 25.5 Å². The van der Waals surface area contributed by atoms with Crippen molar-refractivity contribution in [2.24, 2.45) is 11.7 Å². The van der Waals surface area contributed by atoms with Crippen LogP contribution in [0.2, 0.25) is 0 Å². The quantitative estimate of drug-likeness (QED) is 0.831. The first-order valence-corrected chi connectivity index (χ1v) is 7.79. The van der Waals surface area contributed by atoms with E-state index in [1.807, 2.05) is 12.1 Å². The van der Waals surface area contributed by atoms with Crippen molar-refractivity contribution in [3.05, 3.63) is 29.8 Å². The Labute approximate surface area is 123 Å². The fraction of sp³-hybridized carbons (Fsp3) is 0.647. The number of rotatable bonds is 7. The molecule has 3 nitrogen and oxygen atoms in total. The van der Waals surface area contributed by atoms with Crippen molar-refractivity contribution in [2.45, 2.75) is 45.2 Å². The molecule has 0 radical (unpaired) electrons. The van der Waals surface area contributed by atoms with Gasteiger partial charge in [-0.05, 0) is 49.9 Å². The lowest BCUT2D eigenvalue weighted by Crippen LogP contribution is -2.42. The molecule has 0 heterocycles. The van der Waals surface area contributed by atoms with Crippen LogP contribution in [-0.2, 0) is 0 Å². The van der Waals surface area contributed by atoms with Gasteiger partial charge >= 0.3 is 0 Å². The molecule has 1 aliphatic carbocycles. The van der Waals surface area contributed by atoms with Crippen molar-refractivity contribution in [1.29, 1.82) is 0 Å². The van der Waals surface area contributed by atoms with Crippen LogP contribution in [0.15, 0.2) is 24.3 Å². The first-order chi connectivity index (χ1) is 9.65. The predicted molar refractivity (Wildman–Crippen MR) is 84.0 cm³/mol. The van der Waals surface area contributed by atoms with Gasteiger partial charge in [0.2, 0.25) is 0 Å². The van der Waals surface area contributed by atoms with Crippen molar-refractivity contribution in [1.82, 2.24) is 4.90 Å². The molecule has 1 saturated carbocycles. The molecule has 2 atom stereocenters. The lowest BCUT2D eigenvalue weighted by atomic mass is 9.84. The second-order valence-electron chi connectivity index (χ2n) is 5.96. The molecule has 1 aliphatic rings. The van der Waals surface area contributed by atoms with E-state index < -0.39 is 0 Å². The molecule has 2 rings (SSSR count). The highest BCUT2D eigenvalue weighted by Crippen LogP contribution is 2.32. The third kappa shape index (κ3) is 3.53. The van der Waals surface area contributed by atoms with E-state index in [0.29, 0.717) is 6.04 Å². The number of methoxy groups -OCH3 is 1. The maximum absolute atomic E-state index is 6.28. The van der Waals surface area contributed by atoms with Crippen LogP contribution >= 0.6 is 0 Å². The lowest BCUT2D eigenvalue weighted by molar-refractivity contribution is 0.125.